The van der Waals surface area contributed by atoms with E-state index >= 15 is 0 Å². The molecule has 0 aliphatic heterocycles. The van der Waals surface area contributed by atoms with Crippen LogP contribution < -0.4 is 10.6 Å². The van der Waals surface area contributed by atoms with Gasteiger partial charge >= 0.3 is 6.18 Å². The lowest BCUT2D eigenvalue weighted by molar-refractivity contribution is -0.137. The van der Waals surface area contributed by atoms with Crippen molar-refractivity contribution in [3.63, 3.8) is 0 Å². The van der Waals surface area contributed by atoms with Gasteiger partial charge < -0.3 is 10.6 Å². The minimum atomic E-state index is -4.47. The summed E-state index contributed by atoms with van der Waals surface area (Å²) in [5.74, 6) is -0.0153. The molecular weight excluding hydrogens is 367 g/mol. The van der Waals surface area contributed by atoms with Crippen molar-refractivity contribution in [3.05, 3.63) is 89.1 Å². The minimum Gasteiger partial charge on any atom is -0.366 e. The third-order valence-electron chi connectivity index (χ3n) is 4.03. The first-order chi connectivity index (χ1) is 13.3. The van der Waals surface area contributed by atoms with Gasteiger partial charge in [-0.3, -0.25) is 4.79 Å². The summed E-state index contributed by atoms with van der Waals surface area (Å²) in [5.41, 5.74) is 1.76. The van der Waals surface area contributed by atoms with Crippen molar-refractivity contribution in [2.45, 2.75) is 19.6 Å². The SMILES string of the molecule is Cc1cccc(CNc2cc(C(=O)Nc3cccc(C(F)(F)F)c3)ccn2)c1. The predicted molar refractivity (Wildman–Crippen MR) is 102 cm³/mol. The highest BCUT2D eigenvalue weighted by Gasteiger charge is 2.30. The molecule has 28 heavy (non-hydrogen) atoms. The van der Waals surface area contributed by atoms with Crippen LogP contribution in [0.3, 0.4) is 0 Å². The lowest BCUT2D eigenvalue weighted by Gasteiger charge is -2.11. The van der Waals surface area contributed by atoms with Crippen LogP contribution in [0.25, 0.3) is 0 Å². The van der Waals surface area contributed by atoms with E-state index in [4.69, 9.17) is 0 Å². The number of aryl methyl sites for hydroxylation is 1. The number of pyridine rings is 1. The van der Waals surface area contributed by atoms with Crippen LogP contribution in [-0.4, -0.2) is 10.9 Å². The lowest BCUT2D eigenvalue weighted by atomic mass is 10.1. The van der Waals surface area contributed by atoms with Gasteiger partial charge in [-0.25, -0.2) is 4.98 Å². The van der Waals surface area contributed by atoms with Gasteiger partial charge in [-0.05, 0) is 42.8 Å². The second-order valence-electron chi connectivity index (χ2n) is 6.31. The molecule has 0 saturated heterocycles. The molecule has 0 atom stereocenters. The first kappa shape index (κ1) is 19.4. The van der Waals surface area contributed by atoms with Gasteiger partial charge in [0.1, 0.15) is 5.82 Å². The Balaban J connectivity index is 1.68. The molecule has 144 valence electrons. The van der Waals surface area contributed by atoms with Crippen LogP contribution in [0.15, 0.2) is 66.9 Å². The highest BCUT2D eigenvalue weighted by molar-refractivity contribution is 6.04. The fourth-order valence-corrected chi connectivity index (χ4v) is 2.66. The van der Waals surface area contributed by atoms with E-state index in [0.29, 0.717) is 17.9 Å². The second-order valence-corrected chi connectivity index (χ2v) is 6.31. The van der Waals surface area contributed by atoms with E-state index in [9.17, 15) is 18.0 Å². The third-order valence-corrected chi connectivity index (χ3v) is 4.03. The van der Waals surface area contributed by atoms with E-state index in [1.807, 2.05) is 31.2 Å². The largest absolute Gasteiger partial charge is 0.416 e. The number of hydrogen-bond acceptors (Lipinski definition) is 3. The highest BCUT2D eigenvalue weighted by Crippen LogP contribution is 2.30. The number of amides is 1. The number of benzene rings is 2. The normalized spacial score (nSPS) is 11.1. The standard InChI is InChI=1S/C21H18F3N3O/c1-14-4-2-5-15(10-14)13-26-19-11-16(8-9-25-19)20(28)27-18-7-3-6-17(12-18)21(22,23)24/h2-12H,13H2,1H3,(H,25,26)(H,27,28). The monoisotopic (exact) mass is 385 g/mol. The van der Waals surface area contributed by atoms with Gasteiger partial charge in [0.05, 0.1) is 5.56 Å². The molecule has 0 fully saturated rings. The molecule has 0 bridgehead atoms. The Kier molecular flexibility index (Phi) is 5.63. The fourth-order valence-electron chi connectivity index (χ4n) is 2.66. The molecule has 0 saturated carbocycles. The van der Waals surface area contributed by atoms with Crippen LogP contribution in [0, 0.1) is 6.92 Å². The zero-order valence-corrected chi connectivity index (χ0v) is 15.0. The first-order valence-electron chi connectivity index (χ1n) is 8.55. The highest BCUT2D eigenvalue weighted by atomic mass is 19.4. The van der Waals surface area contributed by atoms with E-state index < -0.39 is 17.6 Å². The third kappa shape index (κ3) is 5.09. The summed E-state index contributed by atoms with van der Waals surface area (Å²) in [5, 5.41) is 5.62. The number of halogens is 3. The Morgan fingerprint density at radius 3 is 2.57 bits per heavy atom. The van der Waals surface area contributed by atoms with Crippen molar-refractivity contribution in [3.8, 4) is 0 Å². The summed E-state index contributed by atoms with van der Waals surface area (Å²) >= 11 is 0. The molecule has 2 N–H and O–H groups in total. The Hall–Kier alpha value is -3.35. The van der Waals surface area contributed by atoms with E-state index in [1.54, 1.807) is 6.07 Å². The van der Waals surface area contributed by atoms with Crippen molar-refractivity contribution >= 4 is 17.4 Å². The number of nitrogens with one attached hydrogen (secondary N) is 2. The van der Waals surface area contributed by atoms with E-state index in [1.165, 1.54) is 24.4 Å². The summed E-state index contributed by atoms with van der Waals surface area (Å²) in [7, 11) is 0. The number of carbonyl (C=O) groups excluding carboxylic acids is 1. The Bertz CT molecular complexity index is 986. The molecule has 3 aromatic rings. The topological polar surface area (TPSA) is 54.0 Å². The van der Waals surface area contributed by atoms with Gasteiger partial charge in [0.25, 0.3) is 5.91 Å². The predicted octanol–water partition coefficient (Wildman–Crippen LogP) is 5.27. The fraction of sp³-hybridized carbons (Fsp3) is 0.143. The van der Waals surface area contributed by atoms with Crippen molar-refractivity contribution in [2.24, 2.45) is 0 Å². The number of nitrogens with zero attached hydrogens (tertiary/aromatic N) is 1. The minimum absolute atomic E-state index is 0.0749. The van der Waals surface area contributed by atoms with E-state index in [0.717, 1.165) is 23.3 Å². The van der Waals surface area contributed by atoms with Crippen LogP contribution >= 0.6 is 0 Å². The number of carbonyl (C=O) groups is 1. The average molecular weight is 385 g/mol. The molecule has 3 rings (SSSR count). The quantitative estimate of drug-likeness (QED) is 0.629. The Labute approximate surface area is 160 Å². The Morgan fingerprint density at radius 1 is 1.04 bits per heavy atom. The summed E-state index contributed by atoms with van der Waals surface area (Å²) in [4.78, 5) is 16.6. The molecule has 1 heterocycles. The van der Waals surface area contributed by atoms with Crippen LogP contribution in [0.4, 0.5) is 24.7 Å². The molecular formula is C21H18F3N3O. The zero-order chi connectivity index (χ0) is 20.1. The Morgan fingerprint density at radius 2 is 1.82 bits per heavy atom. The number of anilines is 2. The zero-order valence-electron chi connectivity index (χ0n) is 15.0. The van der Waals surface area contributed by atoms with E-state index in [-0.39, 0.29) is 5.69 Å². The maximum absolute atomic E-state index is 12.8. The number of rotatable bonds is 5. The van der Waals surface area contributed by atoms with Gasteiger partial charge in [0.2, 0.25) is 0 Å². The second kappa shape index (κ2) is 8.12. The summed E-state index contributed by atoms with van der Waals surface area (Å²) < 4.78 is 38.4. The van der Waals surface area contributed by atoms with Crippen LogP contribution in [0.1, 0.15) is 27.0 Å². The van der Waals surface area contributed by atoms with Crippen LogP contribution in [-0.2, 0) is 12.7 Å². The molecule has 7 heteroatoms. The maximum atomic E-state index is 12.8. The van der Waals surface area contributed by atoms with Crippen LogP contribution in [0.2, 0.25) is 0 Å². The van der Waals surface area contributed by atoms with Crippen molar-refractivity contribution in [1.82, 2.24) is 4.98 Å². The molecule has 0 aliphatic rings. The maximum Gasteiger partial charge on any atom is 0.416 e. The molecule has 0 unspecified atom stereocenters. The molecule has 0 aliphatic carbocycles. The van der Waals surface area contributed by atoms with Gasteiger partial charge in [-0.15, -0.1) is 0 Å². The molecule has 0 radical (unpaired) electrons. The smallest absolute Gasteiger partial charge is 0.366 e. The molecule has 1 amide bonds. The lowest BCUT2D eigenvalue weighted by Crippen LogP contribution is -2.14. The van der Waals surface area contributed by atoms with Gasteiger partial charge in [-0.1, -0.05) is 35.9 Å². The first-order valence-corrected chi connectivity index (χ1v) is 8.55. The molecule has 2 aromatic carbocycles. The summed E-state index contributed by atoms with van der Waals surface area (Å²) in [6.45, 7) is 2.54. The van der Waals surface area contributed by atoms with Crippen molar-refractivity contribution in [2.75, 3.05) is 10.6 Å². The molecule has 0 spiro atoms. The summed E-state index contributed by atoms with van der Waals surface area (Å²) in [6.07, 6.45) is -3.00. The van der Waals surface area contributed by atoms with E-state index in [2.05, 4.69) is 15.6 Å². The average Bonchev–Trinajstić information content (AvgIpc) is 2.66. The number of hydrogen-bond donors (Lipinski definition) is 2. The van der Waals surface area contributed by atoms with Crippen molar-refractivity contribution < 1.29 is 18.0 Å². The van der Waals surface area contributed by atoms with Gasteiger partial charge in [-0.2, -0.15) is 13.2 Å². The molecule has 1 aromatic heterocycles. The van der Waals surface area contributed by atoms with Gasteiger partial charge in [0, 0.05) is 24.0 Å². The van der Waals surface area contributed by atoms with Crippen LogP contribution in [0.5, 0.6) is 0 Å². The summed E-state index contributed by atoms with van der Waals surface area (Å²) in [6, 6.07) is 15.5. The molecule has 4 nitrogen and oxygen atoms in total. The van der Waals surface area contributed by atoms with Gasteiger partial charge in [0.15, 0.2) is 0 Å². The number of alkyl halides is 3. The number of aromatic nitrogens is 1. The van der Waals surface area contributed by atoms with Crippen molar-refractivity contribution in [1.29, 1.82) is 0 Å².